The molecule has 2 aliphatic heterocycles. The fourth-order valence-corrected chi connectivity index (χ4v) is 6.03. The Bertz CT molecular complexity index is 1100. The molecule has 2 N–H and O–H groups in total. The molecule has 7 heteroatoms. The molecule has 0 amide bonds. The van der Waals surface area contributed by atoms with Crippen LogP contribution in [0.15, 0.2) is 48.5 Å². The van der Waals surface area contributed by atoms with Gasteiger partial charge in [-0.2, -0.15) is 0 Å². The number of rotatable bonds is 8. The van der Waals surface area contributed by atoms with Crippen molar-refractivity contribution in [2.45, 2.75) is 57.3 Å². The molecule has 188 valence electrons. The molecule has 0 bridgehead atoms. The standard InChI is InChI=1S/C28H38FN5O/c1-3-35-18-17-34-25-8-5-4-7-24(25)32-28(34)26-19-30-14-6-16-33(26)20(2)27-23(13-15-31-27)21-9-11-22(29)12-10-21/h4-5,7-12,20,23,26-27,30-31H,3,6,13-19H2,1-2H3. The molecule has 1 aromatic heterocycles. The number of benzene rings is 2. The normalized spacial score (nSPS) is 24.6. The van der Waals surface area contributed by atoms with Crippen molar-refractivity contribution in [3.8, 4) is 0 Å². The summed E-state index contributed by atoms with van der Waals surface area (Å²) in [5.41, 5.74) is 3.43. The number of ether oxygens (including phenoxy) is 1. The molecule has 3 aromatic rings. The monoisotopic (exact) mass is 479 g/mol. The molecule has 4 unspecified atom stereocenters. The van der Waals surface area contributed by atoms with Crippen LogP contribution >= 0.6 is 0 Å². The lowest BCUT2D eigenvalue weighted by molar-refractivity contribution is 0.111. The van der Waals surface area contributed by atoms with Gasteiger partial charge in [0.15, 0.2) is 0 Å². The first-order valence-corrected chi connectivity index (χ1v) is 13.2. The summed E-state index contributed by atoms with van der Waals surface area (Å²) in [6.07, 6.45) is 2.18. The predicted octanol–water partition coefficient (Wildman–Crippen LogP) is 4.08. The van der Waals surface area contributed by atoms with Crippen molar-refractivity contribution in [3.05, 3.63) is 65.7 Å². The van der Waals surface area contributed by atoms with E-state index < -0.39 is 0 Å². The summed E-state index contributed by atoms with van der Waals surface area (Å²) in [6, 6.07) is 16.3. The van der Waals surface area contributed by atoms with Gasteiger partial charge in [-0.1, -0.05) is 24.3 Å². The quantitative estimate of drug-likeness (QED) is 0.477. The highest BCUT2D eigenvalue weighted by Gasteiger charge is 2.39. The zero-order valence-electron chi connectivity index (χ0n) is 20.9. The van der Waals surface area contributed by atoms with E-state index in [9.17, 15) is 4.39 Å². The Balaban J connectivity index is 1.47. The number of nitrogens with one attached hydrogen (secondary N) is 2. The van der Waals surface area contributed by atoms with Gasteiger partial charge in [-0.05, 0) is 69.6 Å². The van der Waals surface area contributed by atoms with Gasteiger partial charge in [0, 0.05) is 44.2 Å². The van der Waals surface area contributed by atoms with Crippen molar-refractivity contribution in [2.75, 3.05) is 39.4 Å². The van der Waals surface area contributed by atoms with Crippen LogP contribution in [0.4, 0.5) is 4.39 Å². The molecular formula is C28H38FN5O. The van der Waals surface area contributed by atoms with Crippen molar-refractivity contribution in [1.82, 2.24) is 25.1 Å². The van der Waals surface area contributed by atoms with Gasteiger partial charge in [0.2, 0.25) is 0 Å². The second-order valence-electron chi connectivity index (χ2n) is 9.79. The minimum absolute atomic E-state index is 0.165. The van der Waals surface area contributed by atoms with E-state index in [-0.39, 0.29) is 11.9 Å². The van der Waals surface area contributed by atoms with Gasteiger partial charge in [0.05, 0.1) is 23.7 Å². The van der Waals surface area contributed by atoms with E-state index in [1.54, 1.807) is 12.1 Å². The Hall–Kier alpha value is -2.32. The van der Waals surface area contributed by atoms with Crippen LogP contribution in [0.1, 0.15) is 50.0 Å². The third kappa shape index (κ3) is 5.14. The minimum Gasteiger partial charge on any atom is -0.380 e. The molecule has 0 radical (unpaired) electrons. The van der Waals surface area contributed by atoms with Crippen LogP contribution in [0, 0.1) is 5.82 Å². The smallest absolute Gasteiger partial charge is 0.128 e. The van der Waals surface area contributed by atoms with Crippen LogP contribution in [0.2, 0.25) is 0 Å². The van der Waals surface area contributed by atoms with E-state index in [0.717, 1.165) is 56.9 Å². The van der Waals surface area contributed by atoms with Crippen molar-refractivity contribution < 1.29 is 9.13 Å². The van der Waals surface area contributed by atoms with Crippen molar-refractivity contribution in [2.24, 2.45) is 0 Å². The fraction of sp³-hybridized carbons (Fsp3) is 0.536. The lowest BCUT2D eigenvalue weighted by atomic mass is 9.87. The van der Waals surface area contributed by atoms with Crippen LogP contribution in [-0.2, 0) is 11.3 Å². The number of imidazole rings is 1. The first-order valence-electron chi connectivity index (χ1n) is 13.2. The second kappa shape index (κ2) is 11.2. The van der Waals surface area contributed by atoms with E-state index >= 15 is 0 Å². The maximum atomic E-state index is 13.6. The maximum absolute atomic E-state index is 13.6. The summed E-state index contributed by atoms with van der Waals surface area (Å²) in [5, 5.41) is 7.46. The third-order valence-corrected chi connectivity index (χ3v) is 7.76. The molecule has 5 rings (SSSR count). The molecule has 0 saturated carbocycles. The Morgan fingerprint density at radius 1 is 1.14 bits per heavy atom. The summed E-state index contributed by atoms with van der Waals surface area (Å²) < 4.78 is 21.7. The summed E-state index contributed by atoms with van der Waals surface area (Å²) in [5.74, 6) is 1.32. The molecule has 2 aliphatic rings. The Morgan fingerprint density at radius 3 is 2.80 bits per heavy atom. The first-order chi connectivity index (χ1) is 17.2. The zero-order chi connectivity index (χ0) is 24.2. The molecule has 0 spiro atoms. The average Bonchev–Trinajstić information content (AvgIpc) is 3.42. The van der Waals surface area contributed by atoms with E-state index in [2.05, 4.69) is 51.3 Å². The van der Waals surface area contributed by atoms with Gasteiger partial charge >= 0.3 is 0 Å². The Kier molecular flexibility index (Phi) is 7.78. The molecule has 4 atom stereocenters. The highest BCUT2D eigenvalue weighted by Crippen LogP contribution is 2.35. The van der Waals surface area contributed by atoms with Crippen molar-refractivity contribution >= 4 is 11.0 Å². The van der Waals surface area contributed by atoms with Gasteiger partial charge in [-0.15, -0.1) is 0 Å². The number of nitrogens with zero attached hydrogens (tertiary/aromatic N) is 3. The van der Waals surface area contributed by atoms with Gasteiger partial charge in [0.1, 0.15) is 11.6 Å². The van der Waals surface area contributed by atoms with Gasteiger partial charge in [-0.25, -0.2) is 9.37 Å². The first kappa shape index (κ1) is 24.4. The number of hydrogen-bond acceptors (Lipinski definition) is 5. The lowest BCUT2D eigenvalue weighted by Gasteiger charge is -2.39. The molecule has 3 heterocycles. The van der Waals surface area contributed by atoms with Crippen LogP contribution in [0.25, 0.3) is 11.0 Å². The predicted molar refractivity (Wildman–Crippen MR) is 138 cm³/mol. The second-order valence-corrected chi connectivity index (χ2v) is 9.79. The summed E-state index contributed by atoms with van der Waals surface area (Å²) >= 11 is 0. The molecule has 6 nitrogen and oxygen atoms in total. The highest BCUT2D eigenvalue weighted by atomic mass is 19.1. The molecule has 2 aromatic carbocycles. The van der Waals surface area contributed by atoms with Crippen LogP contribution in [0.5, 0.6) is 0 Å². The summed E-state index contributed by atoms with van der Waals surface area (Å²) in [6.45, 7) is 10.5. The number of halogens is 1. The molecule has 0 aliphatic carbocycles. The maximum Gasteiger partial charge on any atom is 0.128 e. The molecule has 35 heavy (non-hydrogen) atoms. The van der Waals surface area contributed by atoms with Crippen LogP contribution in [0.3, 0.4) is 0 Å². The Labute approximate surface area is 207 Å². The van der Waals surface area contributed by atoms with Gasteiger partial charge in [-0.3, -0.25) is 4.90 Å². The minimum atomic E-state index is -0.172. The number of hydrogen-bond donors (Lipinski definition) is 2. The number of aromatic nitrogens is 2. The fourth-order valence-electron chi connectivity index (χ4n) is 6.03. The van der Waals surface area contributed by atoms with Crippen LogP contribution < -0.4 is 10.6 Å². The topological polar surface area (TPSA) is 54.4 Å². The van der Waals surface area contributed by atoms with Crippen molar-refractivity contribution in [3.63, 3.8) is 0 Å². The highest BCUT2D eigenvalue weighted by molar-refractivity contribution is 5.76. The Morgan fingerprint density at radius 2 is 1.97 bits per heavy atom. The van der Waals surface area contributed by atoms with E-state index in [1.165, 1.54) is 11.1 Å². The zero-order valence-corrected chi connectivity index (χ0v) is 20.9. The number of fused-ring (bicyclic) bond motifs is 1. The molecule has 2 fully saturated rings. The SMILES string of the molecule is CCOCCn1c(C2CNCCCN2C(C)C2NCCC2c2ccc(F)cc2)nc2ccccc21. The number of para-hydroxylation sites is 2. The third-order valence-electron chi connectivity index (χ3n) is 7.76. The summed E-state index contributed by atoms with van der Waals surface area (Å²) in [4.78, 5) is 7.82. The lowest BCUT2D eigenvalue weighted by Crippen LogP contribution is -2.50. The van der Waals surface area contributed by atoms with Crippen LogP contribution in [-0.4, -0.2) is 65.9 Å². The summed E-state index contributed by atoms with van der Waals surface area (Å²) in [7, 11) is 0. The van der Waals surface area contributed by atoms with E-state index in [1.807, 2.05) is 19.1 Å². The molecule has 2 saturated heterocycles. The largest absolute Gasteiger partial charge is 0.380 e. The molecular weight excluding hydrogens is 441 g/mol. The average molecular weight is 480 g/mol. The van der Waals surface area contributed by atoms with Gasteiger partial charge in [0.25, 0.3) is 0 Å². The van der Waals surface area contributed by atoms with E-state index in [4.69, 9.17) is 9.72 Å². The van der Waals surface area contributed by atoms with Gasteiger partial charge < -0.3 is 19.9 Å². The van der Waals surface area contributed by atoms with E-state index in [0.29, 0.717) is 31.2 Å². The van der Waals surface area contributed by atoms with Crippen molar-refractivity contribution in [1.29, 1.82) is 0 Å².